The monoisotopic (exact) mass is 301 g/mol. The first kappa shape index (κ1) is 14.9. The van der Waals surface area contributed by atoms with Gasteiger partial charge < -0.3 is 14.8 Å². The Morgan fingerprint density at radius 2 is 2.27 bits per heavy atom. The van der Waals surface area contributed by atoms with E-state index in [9.17, 15) is 5.11 Å². The molecule has 1 aliphatic heterocycles. The van der Waals surface area contributed by atoms with Crippen molar-refractivity contribution in [2.24, 2.45) is 5.92 Å². The van der Waals surface area contributed by atoms with Crippen LogP contribution in [0.5, 0.6) is 11.5 Å². The van der Waals surface area contributed by atoms with E-state index in [-0.39, 0.29) is 5.75 Å². The number of fused-ring (bicyclic) bond motifs is 1. The lowest BCUT2D eigenvalue weighted by molar-refractivity contribution is 0.131. The van der Waals surface area contributed by atoms with Crippen LogP contribution in [0.2, 0.25) is 0 Å². The summed E-state index contributed by atoms with van der Waals surface area (Å²) < 4.78 is 5.11. The van der Waals surface area contributed by atoms with Crippen LogP contribution < -0.4 is 4.74 Å². The van der Waals surface area contributed by atoms with E-state index in [1.807, 2.05) is 12.1 Å². The molecule has 0 bridgehead atoms. The van der Waals surface area contributed by atoms with Gasteiger partial charge in [-0.15, -0.1) is 0 Å². The van der Waals surface area contributed by atoms with Crippen molar-refractivity contribution < 1.29 is 9.84 Å². The van der Waals surface area contributed by atoms with E-state index in [0.717, 1.165) is 25.1 Å². The smallest absolute Gasteiger partial charge is 0.160 e. The van der Waals surface area contributed by atoms with Gasteiger partial charge in [0.05, 0.1) is 25.2 Å². The first-order valence-corrected chi connectivity index (χ1v) is 7.72. The molecule has 1 atom stereocenters. The average Bonchev–Trinajstić information content (AvgIpc) is 2.95. The summed E-state index contributed by atoms with van der Waals surface area (Å²) in [6, 6.07) is 5.92. The standard InChI is InChI=1S/C17H23N3O2/c1-11(2)17-16-13(18-10-19-16)6-7-20(17)9-12-4-5-15(22-3)14(21)8-12/h4-5,8,10-11,17,21H,6-7,9H2,1-3H3,(H,18,19)/t17-/m0/s1. The van der Waals surface area contributed by atoms with Gasteiger partial charge in [-0.05, 0) is 23.6 Å². The highest BCUT2D eigenvalue weighted by Gasteiger charge is 2.31. The van der Waals surface area contributed by atoms with E-state index in [1.165, 1.54) is 11.4 Å². The Morgan fingerprint density at radius 1 is 1.45 bits per heavy atom. The summed E-state index contributed by atoms with van der Waals surface area (Å²) in [5.41, 5.74) is 3.51. The quantitative estimate of drug-likeness (QED) is 0.911. The minimum absolute atomic E-state index is 0.193. The molecule has 0 unspecified atom stereocenters. The predicted octanol–water partition coefficient (Wildman–Crippen LogP) is 2.88. The van der Waals surface area contributed by atoms with Gasteiger partial charge in [0.2, 0.25) is 0 Å². The Kier molecular flexibility index (Phi) is 4.07. The highest BCUT2D eigenvalue weighted by Crippen LogP contribution is 2.35. The molecular formula is C17H23N3O2. The second kappa shape index (κ2) is 6.01. The Balaban J connectivity index is 1.84. The zero-order chi connectivity index (χ0) is 15.7. The van der Waals surface area contributed by atoms with Crippen molar-refractivity contribution in [3.63, 3.8) is 0 Å². The molecule has 2 heterocycles. The molecule has 2 aromatic rings. The molecule has 0 radical (unpaired) electrons. The average molecular weight is 301 g/mol. The fourth-order valence-corrected chi connectivity index (χ4v) is 3.34. The van der Waals surface area contributed by atoms with Crippen molar-refractivity contribution in [1.82, 2.24) is 14.9 Å². The number of H-pyrrole nitrogens is 1. The minimum atomic E-state index is 0.193. The molecule has 0 saturated heterocycles. The third kappa shape index (κ3) is 2.68. The van der Waals surface area contributed by atoms with Crippen LogP contribution in [-0.2, 0) is 13.0 Å². The van der Waals surface area contributed by atoms with Crippen molar-refractivity contribution in [3.05, 3.63) is 41.5 Å². The van der Waals surface area contributed by atoms with Crippen LogP contribution in [0.3, 0.4) is 0 Å². The van der Waals surface area contributed by atoms with Crippen molar-refractivity contribution in [2.75, 3.05) is 13.7 Å². The molecule has 0 amide bonds. The molecule has 3 rings (SSSR count). The van der Waals surface area contributed by atoms with E-state index in [1.54, 1.807) is 19.5 Å². The van der Waals surface area contributed by atoms with Gasteiger partial charge in [-0.1, -0.05) is 19.9 Å². The number of aromatic hydroxyl groups is 1. The number of benzene rings is 1. The van der Waals surface area contributed by atoms with Gasteiger partial charge in [-0.25, -0.2) is 4.98 Å². The number of methoxy groups -OCH3 is 1. The number of ether oxygens (including phenoxy) is 1. The maximum Gasteiger partial charge on any atom is 0.160 e. The molecule has 0 saturated carbocycles. The molecular weight excluding hydrogens is 278 g/mol. The summed E-state index contributed by atoms with van der Waals surface area (Å²) in [6.45, 7) is 6.25. The highest BCUT2D eigenvalue weighted by molar-refractivity contribution is 5.41. The molecule has 5 heteroatoms. The van der Waals surface area contributed by atoms with Gasteiger partial charge in [0.1, 0.15) is 0 Å². The van der Waals surface area contributed by atoms with Crippen molar-refractivity contribution in [1.29, 1.82) is 0 Å². The van der Waals surface area contributed by atoms with Crippen molar-refractivity contribution >= 4 is 0 Å². The van der Waals surface area contributed by atoms with Crippen LogP contribution in [0.15, 0.2) is 24.5 Å². The van der Waals surface area contributed by atoms with Crippen molar-refractivity contribution in [3.8, 4) is 11.5 Å². The van der Waals surface area contributed by atoms with E-state index < -0.39 is 0 Å². The summed E-state index contributed by atoms with van der Waals surface area (Å²) in [6.07, 6.45) is 2.78. The van der Waals surface area contributed by atoms with E-state index in [2.05, 4.69) is 28.7 Å². The summed E-state index contributed by atoms with van der Waals surface area (Å²) in [4.78, 5) is 10.2. The molecule has 5 nitrogen and oxygen atoms in total. The molecule has 0 spiro atoms. The van der Waals surface area contributed by atoms with Crippen LogP contribution in [0, 0.1) is 5.92 Å². The lowest BCUT2D eigenvalue weighted by atomic mass is 9.92. The number of hydrogen-bond donors (Lipinski definition) is 2. The number of nitrogens with zero attached hydrogens (tertiary/aromatic N) is 2. The summed E-state index contributed by atoms with van der Waals surface area (Å²) in [7, 11) is 1.56. The third-order valence-corrected chi connectivity index (χ3v) is 4.33. The fourth-order valence-electron chi connectivity index (χ4n) is 3.34. The van der Waals surface area contributed by atoms with E-state index in [0.29, 0.717) is 17.7 Å². The molecule has 22 heavy (non-hydrogen) atoms. The van der Waals surface area contributed by atoms with Gasteiger partial charge in [-0.2, -0.15) is 0 Å². The molecule has 1 aromatic carbocycles. The highest BCUT2D eigenvalue weighted by atomic mass is 16.5. The third-order valence-electron chi connectivity index (χ3n) is 4.33. The Labute approximate surface area is 130 Å². The summed E-state index contributed by atoms with van der Waals surface area (Å²) in [5, 5.41) is 9.96. The van der Waals surface area contributed by atoms with Gasteiger partial charge in [0.25, 0.3) is 0 Å². The Hall–Kier alpha value is -2.01. The van der Waals surface area contributed by atoms with Gasteiger partial charge in [0.15, 0.2) is 11.5 Å². The number of phenols is 1. The normalized spacial score (nSPS) is 18.5. The number of aromatic nitrogens is 2. The van der Waals surface area contributed by atoms with Gasteiger partial charge in [0, 0.05) is 25.2 Å². The SMILES string of the molecule is COc1ccc(CN2CCc3[nH]cnc3[C@@H]2C(C)C)cc1O. The zero-order valence-corrected chi connectivity index (χ0v) is 13.3. The molecule has 0 fully saturated rings. The number of imidazole rings is 1. The summed E-state index contributed by atoms with van der Waals surface area (Å²) >= 11 is 0. The first-order chi connectivity index (χ1) is 10.6. The van der Waals surface area contributed by atoms with E-state index >= 15 is 0 Å². The van der Waals surface area contributed by atoms with Crippen LogP contribution in [0.1, 0.15) is 36.8 Å². The predicted molar refractivity (Wildman–Crippen MR) is 84.9 cm³/mol. The van der Waals surface area contributed by atoms with Crippen LogP contribution in [-0.4, -0.2) is 33.6 Å². The Morgan fingerprint density at radius 3 is 2.95 bits per heavy atom. The summed E-state index contributed by atoms with van der Waals surface area (Å²) in [5.74, 6) is 1.19. The molecule has 2 N–H and O–H groups in total. The fraction of sp³-hybridized carbons (Fsp3) is 0.471. The molecule has 1 aromatic heterocycles. The number of nitrogens with one attached hydrogen (secondary N) is 1. The number of phenolic OH excluding ortho intramolecular Hbond substituents is 1. The lowest BCUT2D eigenvalue weighted by Crippen LogP contribution is -2.37. The number of rotatable bonds is 4. The largest absolute Gasteiger partial charge is 0.504 e. The molecule has 118 valence electrons. The van der Waals surface area contributed by atoms with Crippen LogP contribution in [0.4, 0.5) is 0 Å². The molecule has 0 aliphatic carbocycles. The second-order valence-corrected chi connectivity index (χ2v) is 6.18. The van der Waals surface area contributed by atoms with E-state index in [4.69, 9.17) is 4.74 Å². The lowest BCUT2D eigenvalue weighted by Gasteiger charge is -2.37. The first-order valence-electron chi connectivity index (χ1n) is 7.72. The topological polar surface area (TPSA) is 61.4 Å². The second-order valence-electron chi connectivity index (χ2n) is 6.18. The van der Waals surface area contributed by atoms with Crippen LogP contribution in [0.25, 0.3) is 0 Å². The number of aromatic amines is 1. The maximum absolute atomic E-state index is 9.96. The Bertz CT molecular complexity index is 651. The van der Waals surface area contributed by atoms with Crippen molar-refractivity contribution in [2.45, 2.75) is 32.9 Å². The maximum atomic E-state index is 9.96. The van der Waals surface area contributed by atoms with Crippen LogP contribution >= 0.6 is 0 Å². The zero-order valence-electron chi connectivity index (χ0n) is 13.3. The minimum Gasteiger partial charge on any atom is -0.504 e. The van der Waals surface area contributed by atoms with Gasteiger partial charge >= 0.3 is 0 Å². The van der Waals surface area contributed by atoms with Gasteiger partial charge in [-0.3, -0.25) is 4.90 Å². The number of hydrogen-bond acceptors (Lipinski definition) is 4. The molecule has 1 aliphatic rings.